The number of pyridine rings is 1. The molecule has 0 radical (unpaired) electrons. The van der Waals surface area contributed by atoms with Gasteiger partial charge in [-0.2, -0.15) is 5.10 Å². The Balaban J connectivity index is 1.08. The van der Waals surface area contributed by atoms with E-state index >= 15 is 0 Å². The molecule has 3 aliphatic rings. The summed E-state index contributed by atoms with van der Waals surface area (Å²) >= 11 is 0. The van der Waals surface area contributed by atoms with E-state index in [2.05, 4.69) is 54.6 Å². The van der Waals surface area contributed by atoms with Crippen molar-refractivity contribution >= 4 is 11.7 Å². The molecule has 2 N–H and O–H groups in total. The summed E-state index contributed by atoms with van der Waals surface area (Å²) < 4.78 is 5.55. The summed E-state index contributed by atoms with van der Waals surface area (Å²) in [6, 6.07) is 12.8. The molecular weight excluding hydrogens is 466 g/mol. The third-order valence-electron chi connectivity index (χ3n) is 7.74. The molecule has 9 heteroatoms. The molecule has 2 fully saturated rings. The number of amides is 2. The Hall–Kier alpha value is -3.43. The molecule has 194 valence electrons. The first-order valence-corrected chi connectivity index (χ1v) is 13.4. The van der Waals surface area contributed by atoms with E-state index in [4.69, 9.17) is 4.74 Å². The molecule has 1 atom stereocenters. The zero-order valence-electron chi connectivity index (χ0n) is 21.2. The fourth-order valence-electron chi connectivity index (χ4n) is 5.80. The van der Waals surface area contributed by atoms with Gasteiger partial charge < -0.3 is 19.9 Å². The molecule has 0 saturated carbocycles. The number of fused-ring (bicyclic) bond motifs is 1. The van der Waals surface area contributed by atoms with Crippen LogP contribution < -0.4 is 10.2 Å². The fourth-order valence-corrected chi connectivity index (χ4v) is 5.80. The molecule has 37 heavy (non-hydrogen) atoms. The number of H-pyrrole nitrogens is 1. The number of rotatable bonds is 5. The molecule has 3 aromatic rings. The number of benzene rings is 1. The number of para-hydroxylation sites is 1. The molecule has 2 amide bonds. The molecule has 2 saturated heterocycles. The number of carbonyl (C=O) groups is 1. The summed E-state index contributed by atoms with van der Waals surface area (Å²) in [5, 5.41) is 11.1. The summed E-state index contributed by atoms with van der Waals surface area (Å²) in [5.41, 5.74) is 6.83. The maximum absolute atomic E-state index is 13.3. The number of aromatic amines is 1. The second-order valence-corrected chi connectivity index (χ2v) is 10.2. The summed E-state index contributed by atoms with van der Waals surface area (Å²) in [6.45, 7) is 7.53. The van der Waals surface area contributed by atoms with Gasteiger partial charge in [-0.3, -0.25) is 15.0 Å². The van der Waals surface area contributed by atoms with Crippen molar-refractivity contribution in [2.24, 2.45) is 0 Å². The van der Waals surface area contributed by atoms with E-state index in [-0.39, 0.29) is 12.1 Å². The highest BCUT2D eigenvalue weighted by Gasteiger charge is 2.29. The van der Waals surface area contributed by atoms with Gasteiger partial charge in [0.25, 0.3) is 0 Å². The molecular formula is C28H35N7O2. The summed E-state index contributed by atoms with van der Waals surface area (Å²) in [6.07, 6.45) is 6.44. The van der Waals surface area contributed by atoms with Gasteiger partial charge in [0.15, 0.2) is 0 Å². The number of hydrogen-bond donors (Lipinski definition) is 2. The van der Waals surface area contributed by atoms with Crippen molar-refractivity contribution in [3.05, 3.63) is 65.6 Å². The third kappa shape index (κ3) is 5.33. The lowest BCUT2D eigenvalue weighted by atomic mass is 10.0. The number of urea groups is 1. The number of ether oxygens (including phenoxy) is 1. The van der Waals surface area contributed by atoms with Gasteiger partial charge in [-0.25, -0.2) is 4.79 Å². The quantitative estimate of drug-likeness (QED) is 0.559. The van der Waals surface area contributed by atoms with Crippen molar-refractivity contribution in [1.29, 1.82) is 0 Å². The van der Waals surface area contributed by atoms with Crippen molar-refractivity contribution < 1.29 is 9.53 Å². The van der Waals surface area contributed by atoms with Crippen LogP contribution in [0.15, 0.2) is 48.8 Å². The highest BCUT2D eigenvalue weighted by molar-refractivity contribution is 5.76. The fraction of sp³-hybridized carbons (Fsp3) is 0.464. The van der Waals surface area contributed by atoms with Crippen molar-refractivity contribution in [3.63, 3.8) is 0 Å². The van der Waals surface area contributed by atoms with Gasteiger partial charge in [0.2, 0.25) is 0 Å². The predicted octanol–water partition coefficient (Wildman–Crippen LogP) is 3.04. The van der Waals surface area contributed by atoms with E-state index in [1.807, 2.05) is 17.0 Å². The molecule has 0 aliphatic carbocycles. The average Bonchev–Trinajstić information content (AvgIpc) is 3.38. The summed E-state index contributed by atoms with van der Waals surface area (Å²) in [5.74, 6) is 0. The topological polar surface area (TPSA) is 89.6 Å². The summed E-state index contributed by atoms with van der Waals surface area (Å²) in [4.78, 5) is 24.3. The van der Waals surface area contributed by atoms with Crippen LogP contribution in [-0.4, -0.2) is 83.0 Å². The van der Waals surface area contributed by atoms with Crippen LogP contribution in [0.25, 0.3) is 11.3 Å². The smallest absolute Gasteiger partial charge is 0.317 e. The number of nitrogens with zero attached hydrogens (tertiary/aromatic N) is 5. The number of carbonyl (C=O) groups excluding carboxylic acids is 1. The normalized spacial score (nSPS) is 20.5. The Morgan fingerprint density at radius 3 is 2.78 bits per heavy atom. The molecule has 1 aromatic carbocycles. The monoisotopic (exact) mass is 501 g/mol. The molecule has 6 rings (SSSR count). The largest absolute Gasteiger partial charge is 0.378 e. The lowest BCUT2D eigenvalue weighted by molar-refractivity contribution is 0.122. The molecule has 0 unspecified atom stereocenters. The van der Waals surface area contributed by atoms with Crippen molar-refractivity contribution in [3.8, 4) is 11.3 Å². The lowest BCUT2D eigenvalue weighted by Gasteiger charge is -2.36. The Morgan fingerprint density at radius 1 is 1.08 bits per heavy atom. The van der Waals surface area contributed by atoms with E-state index in [0.29, 0.717) is 13.1 Å². The minimum atomic E-state index is 0.0214. The van der Waals surface area contributed by atoms with Gasteiger partial charge in [-0.1, -0.05) is 18.2 Å². The van der Waals surface area contributed by atoms with E-state index in [1.165, 1.54) is 11.3 Å². The van der Waals surface area contributed by atoms with Crippen molar-refractivity contribution in [1.82, 2.24) is 30.3 Å². The van der Waals surface area contributed by atoms with Crippen LogP contribution >= 0.6 is 0 Å². The Labute approximate surface area is 217 Å². The number of hydrogen-bond acceptors (Lipinski definition) is 6. The first-order valence-electron chi connectivity index (χ1n) is 13.4. The highest BCUT2D eigenvalue weighted by atomic mass is 16.5. The first kappa shape index (κ1) is 23.9. The third-order valence-corrected chi connectivity index (χ3v) is 7.74. The van der Waals surface area contributed by atoms with Crippen molar-refractivity contribution in [2.75, 3.05) is 50.8 Å². The van der Waals surface area contributed by atoms with E-state index < -0.39 is 0 Å². The number of aromatic nitrogens is 3. The zero-order valence-corrected chi connectivity index (χ0v) is 21.2. The zero-order chi connectivity index (χ0) is 25.0. The van der Waals surface area contributed by atoms with Gasteiger partial charge in [0.05, 0.1) is 25.5 Å². The van der Waals surface area contributed by atoms with Gasteiger partial charge in [-0.05, 0) is 43.1 Å². The first-order chi connectivity index (χ1) is 18.2. The van der Waals surface area contributed by atoms with Crippen LogP contribution in [0.1, 0.15) is 29.7 Å². The highest BCUT2D eigenvalue weighted by Crippen LogP contribution is 2.28. The molecule has 0 bridgehead atoms. The van der Waals surface area contributed by atoms with E-state index in [1.54, 1.807) is 12.4 Å². The Bertz CT molecular complexity index is 1210. The van der Waals surface area contributed by atoms with Crippen LogP contribution in [0.3, 0.4) is 0 Å². The predicted molar refractivity (Wildman–Crippen MR) is 142 cm³/mol. The number of anilines is 1. The standard InChI is InChI=1S/C28H35N7O2/c36-28(35-13-9-25-24(20-35)27(32-31-25)21-7-10-29-11-8-21)30-23-5-3-12-33(19-23)18-22-4-1-2-6-26(22)34-14-16-37-17-15-34/h1-2,4,6-8,10-11,23H,3,5,9,12-20H2,(H,30,36)(H,31,32)/t23-/m1/s1. The van der Waals surface area contributed by atoms with Crippen molar-refractivity contribution in [2.45, 2.75) is 38.4 Å². The van der Waals surface area contributed by atoms with Crippen LogP contribution in [-0.2, 0) is 24.2 Å². The lowest BCUT2D eigenvalue weighted by Crippen LogP contribution is -2.52. The second kappa shape index (κ2) is 10.9. The molecule has 9 nitrogen and oxygen atoms in total. The Kier molecular flexibility index (Phi) is 7.05. The molecule has 5 heterocycles. The molecule has 2 aromatic heterocycles. The number of nitrogens with one attached hydrogen (secondary N) is 2. The second-order valence-electron chi connectivity index (χ2n) is 10.2. The van der Waals surface area contributed by atoms with Crippen LogP contribution in [0.5, 0.6) is 0 Å². The molecule has 3 aliphatic heterocycles. The van der Waals surface area contributed by atoms with E-state index in [9.17, 15) is 4.79 Å². The number of likely N-dealkylation sites (tertiary alicyclic amines) is 1. The van der Waals surface area contributed by atoms with E-state index in [0.717, 1.165) is 87.7 Å². The minimum Gasteiger partial charge on any atom is -0.378 e. The molecule has 0 spiro atoms. The van der Waals surface area contributed by atoms with Gasteiger partial charge in [0, 0.05) is 80.1 Å². The van der Waals surface area contributed by atoms with Crippen LogP contribution in [0.4, 0.5) is 10.5 Å². The SMILES string of the molecule is O=C(N[C@@H]1CCCN(Cc2ccccc2N2CCOCC2)C1)N1CCc2[nH]nc(-c3ccncc3)c2C1. The van der Waals surface area contributed by atoms with Crippen LogP contribution in [0.2, 0.25) is 0 Å². The van der Waals surface area contributed by atoms with Gasteiger partial charge in [-0.15, -0.1) is 0 Å². The number of morpholine rings is 1. The average molecular weight is 502 g/mol. The summed E-state index contributed by atoms with van der Waals surface area (Å²) in [7, 11) is 0. The number of piperidine rings is 1. The maximum Gasteiger partial charge on any atom is 0.317 e. The maximum atomic E-state index is 13.3. The van der Waals surface area contributed by atoms with Gasteiger partial charge in [0.1, 0.15) is 0 Å². The Morgan fingerprint density at radius 2 is 1.92 bits per heavy atom. The van der Waals surface area contributed by atoms with Crippen LogP contribution in [0, 0.1) is 0 Å². The minimum absolute atomic E-state index is 0.0214. The van der Waals surface area contributed by atoms with Gasteiger partial charge >= 0.3 is 6.03 Å².